The summed E-state index contributed by atoms with van der Waals surface area (Å²) >= 11 is 6.28. The number of carbonyl (C=O) groups excluding carboxylic acids is 1. The molecule has 0 saturated heterocycles. The smallest absolute Gasteiger partial charge is 0.150 e. The minimum atomic E-state index is 0.517. The maximum absolute atomic E-state index is 11.1. The van der Waals surface area contributed by atoms with Crippen LogP contribution in [0, 0.1) is 6.92 Å². The van der Waals surface area contributed by atoms with Crippen molar-refractivity contribution < 1.29 is 9.53 Å². The maximum atomic E-state index is 11.1. The van der Waals surface area contributed by atoms with Crippen LogP contribution in [0.5, 0.6) is 5.75 Å². The molecule has 3 heteroatoms. The van der Waals surface area contributed by atoms with Crippen molar-refractivity contribution in [1.29, 1.82) is 0 Å². The minimum Gasteiger partial charge on any atom is -0.487 e. The number of fused-ring (bicyclic) bond motifs is 3. The van der Waals surface area contributed by atoms with Gasteiger partial charge in [0, 0.05) is 11.1 Å². The molecule has 18 heavy (non-hydrogen) atoms. The Morgan fingerprint density at radius 1 is 1.28 bits per heavy atom. The van der Waals surface area contributed by atoms with Gasteiger partial charge in [0.25, 0.3) is 0 Å². The zero-order valence-electron chi connectivity index (χ0n) is 9.87. The van der Waals surface area contributed by atoms with E-state index in [-0.39, 0.29) is 0 Å². The third-order valence-corrected chi connectivity index (χ3v) is 3.77. The van der Waals surface area contributed by atoms with Gasteiger partial charge in [-0.25, -0.2) is 0 Å². The fourth-order valence-corrected chi connectivity index (χ4v) is 2.53. The van der Waals surface area contributed by atoms with Gasteiger partial charge in [-0.3, -0.25) is 4.79 Å². The summed E-state index contributed by atoms with van der Waals surface area (Å²) in [6.45, 7) is 2.35. The summed E-state index contributed by atoms with van der Waals surface area (Å²) < 4.78 is 5.71. The summed E-state index contributed by atoms with van der Waals surface area (Å²) in [5.74, 6) is 0.679. The van der Waals surface area contributed by atoms with Crippen molar-refractivity contribution in [3.63, 3.8) is 0 Å². The molecule has 0 aliphatic carbocycles. The predicted octanol–water partition coefficient (Wildman–Crippen LogP) is 4.02. The van der Waals surface area contributed by atoms with Crippen LogP contribution in [0.15, 0.2) is 30.3 Å². The molecule has 0 bridgehead atoms. The van der Waals surface area contributed by atoms with Crippen molar-refractivity contribution in [1.82, 2.24) is 0 Å². The quantitative estimate of drug-likeness (QED) is 0.722. The van der Waals surface area contributed by atoms with Gasteiger partial charge in [-0.2, -0.15) is 0 Å². The molecule has 1 heterocycles. The molecule has 0 radical (unpaired) electrons. The highest BCUT2D eigenvalue weighted by Crippen LogP contribution is 2.44. The lowest BCUT2D eigenvalue weighted by Gasteiger charge is -2.23. The molecule has 0 unspecified atom stereocenters. The van der Waals surface area contributed by atoms with E-state index in [2.05, 4.69) is 0 Å². The zero-order valence-corrected chi connectivity index (χ0v) is 10.6. The van der Waals surface area contributed by atoms with E-state index >= 15 is 0 Å². The monoisotopic (exact) mass is 258 g/mol. The van der Waals surface area contributed by atoms with Gasteiger partial charge in [0.15, 0.2) is 0 Å². The van der Waals surface area contributed by atoms with Gasteiger partial charge in [-0.15, -0.1) is 0 Å². The molecule has 3 rings (SSSR count). The van der Waals surface area contributed by atoms with E-state index in [4.69, 9.17) is 16.3 Å². The van der Waals surface area contributed by atoms with E-state index in [1.807, 2.05) is 37.3 Å². The van der Waals surface area contributed by atoms with Gasteiger partial charge in [-0.1, -0.05) is 35.9 Å². The summed E-state index contributed by atoms with van der Waals surface area (Å²) in [7, 11) is 0. The predicted molar refractivity (Wildman–Crippen MR) is 71.3 cm³/mol. The van der Waals surface area contributed by atoms with Crippen molar-refractivity contribution >= 4 is 17.9 Å². The summed E-state index contributed by atoms with van der Waals surface area (Å²) in [5.41, 5.74) is 4.48. The highest BCUT2D eigenvalue weighted by molar-refractivity contribution is 6.33. The average molecular weight is 259 g/mol. The summed E-state index contributed by atoms with van der Waals surface area (Å²) in [6.07, 6.45) is 0.832. The van der Waals surface area contributed by atoms with Gasteiger partial charge in [0.1, 0.15) is 18.6 Å². The van der Waals surface area contributed by atoms with Crippen LogP contribution in [0.2, 0.25) is 5.02 Å². The molecule has 0 spiro atoms. The van der Waals surface area contributed by atoms with Gasteiger partial charge in [0.05, 0.1) is 5.02 Å². The Morgan fingerprint density at radius 2 is 2.06 bits per heavy atom. The minimum absolute atomic E-state index is 0.517. The third-order valence-electron chi connectivity index (χ3n) is 3.31. The molecule has 1 aliphatic rings. The molecular formula is C15H11ClO2. The number of benzene rings is 2. The Bertz CT molecular complexity index is 647. The van der Waals surface area contributed by atoms with Gasteiger partial charge in [0.2, 0.25) is 0 Å². The number of carbonyl (C=O) groups is 1. The van der Waals surface area contributed by atoms with Gasteiger partial charge in [-0.05, 0) is 29.7 Å². The first kappa shape index (κ1) is 11.3. The molecule has 0 N–H and O–H groups in total. The molecule has 0 atom stereocenters. The van der Waals surface area contributed by atoms with Crippen LogP contribution < -0.4 is 4.74 Å². The number of hydrogen-bond acceptors (Lipinski definition) is 2. The lowest BCUT2D eigenvalue weighted by molar-refractivity contribution is 0.112. The van der Waals surface area contributed by atoms with Crippen molar-refractivity contribution in [3.05, 3.63) is 52.0 Å². The van der Waals surface area contributed by atoms with Crippen LogP contribution in [0.1, 0.15) is 21.5 Å². The summed E-state index contributed by atoms with van der Waals surface area (Å²) in [6, 6.07) is 9.84. The number of rotatable bonds is 1. The second-order valence-electron chi connectivity index (χ2n) is 4.35. The second-order valence-corrected chi connectivity index (χ2v) is 4.72. The molecule has 2 aromatic rings. The first-order valence-electron chi connectivity index (χ1n) is 5.71. The zero-order chi connectivity index (χ0) is 12.7. The third kappa shape index (κ3) is 1.53. The van der Waals surface area contributed by atoms with E-state index in [0.29, 0.717) is 22.9 Å². The normalized spacial score (nSPS) is 12.3. The molecule has 0 aromatic heterocycles. The Labute approximate surface area is 110 Å². The van der Waals surface area contributed by atoms with E-state index in [1.165, 1.54) is 0 Å². The summed E-state index contributed by atoms with van der Waals surface area (Å²) in [5, 5.41) is 0.532. The number of ether oxygens (including phenoxy) is 1. The van der Waals surface area contributed by atoms with E-state index < -0.39 is 0 Å². The van der Waals surface area contributed by atoms with Crippen molar-refractivity contribution in [3.8, 4) is 16.9 Å². The largest absolute Gasteiger partial charge is 0.487 e. The fraction of sp³-hybridized carbons (Fsp3) is 0.133. The van der Waals surface area contributed by atoms with Crippen LogP contribution in [0.25, 0.3) is 11.1 Å². The Balaban J connectivity index is 2.34. The van der Waals surface area contributed by atoms with Gasteiger partial charge < -0.3 is 4.74 Å². The van der Waals surface area contributed by atoms with Crippen LogP contribution >= 0.6 is 11.6 Å². The van der Waals surface area contributed by atoms with E-state index in [1.54, 1.807) is 0 Å². The van der Waals surface area contributed by atoms with Crippen molar-refractivity contribution in [2.45, 2.75) is 13.5 Å². The second kappa shape index (κ2) is 4.14. The number of halogens is 1. The lowest BCUT2D eigenvalue weighted by Crippen LogP contribution is -2.07. The van der Waals surface area contributed by atoms with Crippen LogP contribution in [0.3, 0.4) is 0 Å². The molecule has 90 valence electrons. The molecule has 0 amide bonds. The fourth-order valence-electron chi connectivity index (χ4n) is 2.27. The highest BCUT2D eigenvalue weighted by atomic mass is 35.5. The Hall–Kier alpha value is -1.80. The van der Waals surface area contributed by atoms with Gasteiger partial charge >= 0.3 is 0 Å². The lowest BCUT2D eigenvalue weighted by atomic mass is 9.94. The molecule has 2 aromatic carbocycles. The standard InChI is InChI=1S/C15H11ClO2/c1-9-11(7-17)6-13-12-5-3-2-4-10(12)8-18-15(13)14(9)16/h2-7H,8H2,1H3. The van der Waals surface area contributed by atoms with Crippen molar-refractivity contribution in [2.75, 3.05) is 0 Å². The maximum Gasteiger partial charge on any atom is 0.150 e. The number of hydrogen-bond donors (Lipinski definition) is 0. The molecule has 2 nitrogen and oxygen atoms in total. The molecular weight excluding hydrogens is 248 g/mol. The number of aldehydes is 1. The topological polar surface area (TPSA) is 26.3 Å². The average Bonchev–Trinajstić information content (AvgIpc) is 2.42. The molecule has 0 saturated carbocycles. The van der Waals surface area contributed by atoms with Crippen LogP contribution in [0.4, 0.5) is 0 Å². The first-order valence-corrected chi connectivity index (χ1v) is 6.09. The molecule has 1 aliphatic heterocycles. The van der Waals surface area contributed by atoms with Crippen molar-refractivity contribution in [2.24, 2.45) is 0 Å². The first-order chi connectivity index (χ1) is 8.72. The SMILES string of the molecule is Cc1c(C=O)cc2c(c1Cl)OCc1ccccc1-2. The Morgan fingerprint density at radius 3 is 2.83 bits per heavy atom. The van der Waals surface area contributed by atoms with E-state index in [0.717, 1.165) is 28.5 Å². The molecule has 0 fully saturated rings. The van der Waals surface area contributed by atoms with Crippen LogP contribution in [-0.2, 0) is 6.61 Å². The summed E-state index contributed by atoms with van der Waals surface area (Å²) in [4.78, 5) is 11.1. The van der Waals surface area contributed by atoms with Crippen LogP contribution in [-0.4, -0.2) is 6.29 Å². The Kier molecular flexibility index (Phi) is 2.60. The highest BCUT2D eigenvalue weighted by Gasteiger charge is 2.22. The van der Waals surface area contributed by atoms with E-state index in [9.17, 15) is 4.79 Å².